The van der Waals surface area contributed by atoms with Crippen LogP contribution < -0.4 is 5.32 Å². The summed E-state index contributed by atoms with van der Waals surface area (Å²) >= 11 is 1.22. The molecule has 0 aromatic carbocycles. The number of carbonyl (C=O) groups is 1. The summed E-state index contributed by atoms with van der Waals surface area (Å²) in [5.74, 6) is -0.330. The van der Waals surface area contributed by atoms with Gasteiger partial charge in [-0.3, -0.25) is 4.79 Å². The van der Waals surface area contributed by atoms with E-state index in [9.17, 15) is 13.2 Å². The van der Waals surface area contributed by atoms with E-state index in [0.717, 1.165) is 12.8 Å². The van der Waals surface area contributed by atoms with E-state index >= 15 is 0 Å². The Morgan fingerprint density at radius 1 is 1.32 bits per heavy atom. The van der Waals surface area contributed by atoms with Crippen molar-refractivity contribution >= 4 is 27.3 Å². The second-order valence-electron chi connectivity index (χ2n) is 8.74. The number of thiophene rings is 1. The van der Waals surface area contributed by atoms with Gasteiger partial charge in [0.2, 0.25) is 5.91 Å². The monoisotopic (exact) mass is 386 g/mol. The molecule has 0 saturated carbocycles. The molecule has 0 spiro atoms. The molecule has 1 amide bonds. The number of carbonyl (C=O) groups excluding carboxylic acids is 1. The van der Waals surface area contributed by atoms with Crippen molar-refractivity contribution < 1.29 is 13.2 Å². The van der Waals surface area contributed by atoms with E-state index in [4.69, 9.17) is 0 Å². The van der Waals surface area contributed by atoms with Crippen molar-refractivity contribution in [2.45, 2.75) is 63.6 Å². The van der Waals surface area contributed by atoms with Crippen molar-refractivity contribution in [3.63, 3.8) is 0 Å². The Morgan fingerprint density at radius 3 is 2.56 bits per heavy atom. The molecule has 1 N–H and O–H groups in total. The zero-order valence-electron chi connectivity index (χ0n) is 15.8. The molecule has 1 aliphatic heterocycles. The molecule has 142 valence electrons. The molecule has 0 aliphatic carbocycles. The zero-order valence-corrected chi connectivity index (χ0v) is 17.5. The van der Waals surface area contributed by atoms with E-state index in [1.165, 1.54) is 15.6 Å². The minimum atomic E-state index is -3.49. The standard InChI is InChI=1S/C18H30N2O3S2/c1-17(2,3)13-18(4,5)19-16(21)14-8-6-10-20(12-14)25(22,23)15-9-7-11-24-15/h7,9,11,14H,6,8,10,12-13H2,1-5H3,(H,19,21)/t14-/m0/s1. The van der Waals surface area contributed by atoms with Gasteiger partial charge in [0.15, 0.2) is 0 Å². The fourth-order valence-electron chi connectivity index (χ4n) is 3.72. The highest BCUT2D eigenvalue weighted by atomic mass is 32.2. The summed E-state index contributed by atoms with van der Waals surface area (Å²) in [5.41, 5.74) is -0.206. The summed E-state index contributed by atoms with van der Waals surface area (Å²) in [6, 6.07) is 3.36. The molecule has 25 heavy (non-hydrogen) atoms. The number of hydrogen-bond donors (Lipinski definition) is 1. The topological polar surface area (TPSA) is 66.5 Å². The number of piperidine rings is 1. The van der Waals surface area contributed by atoms with E-state index in [-0.39, 0.29) is 29.3 Å². The average molecular weight is 387 g/mol. The van der Waals surface area contributed by atoms with Crippen LogP contribution in [-0.4, -0.2) is 37.3 Å². The van der Waals surface area contributed by atoms with Gasteiger partial charge in [-0.05, 0) is 50.0 Å². The largest absolute Gasteiger partial charge is 0.351 e. The van der Waals surface area contributed by atoms with Crippen molar-refractivity contribution in [2.75, 3.05) is 13.1 Å². The van der Waals surface area contributed by atoms with Gasteiger partial charge < -0.3 is 5.32 Å². The van der Waals surface area contributed by atoms with Crippen molar-refractivity contribution in [3.8, 4) is 0 Å². The third-order valence-corrected chi connectivity index (χ3v) is 7.52. The third-order valence-electron chi connectivity index (χ3n) is 4.28. The summed E-state index contributed by atoms with van der Waals surface area (Å²) < 4.78 is 27.2. The van der Waals surface area contributed by atoms with Crippen LogP contribution in [0.5, 0.6) is 0 Å². The van der Waals surface area contributed by atoms with Crippen LogP contribution in [0.1, 0.15) is 53.9 Å². The maximum Gasteiger partial charge on any atom is 0.252 e. The Hall–Kier alpha value is -0.920. The highest BCUT2D eigenvalue weighted by molar-refractivity contribution is 7.91. The summed E-state index contributed by atoms with van der Waals surface area (Å²) in [4.78, 5) is 12.7. The fraction of sp³-hybridized carbons (Fsp3) is 0.722. The first kappa shape index (κ1) is 20.4. The van der Waals surface area contributed by atoms with Gasteiger partial charge in [0.1, 0.15) is 4.21 Å². The number of hydrogen-bond acceptors (Lipinski definition) is 4. The molecule has 7 heteroatoms. The predicted molar refractivity (Wildman–Crippen MR) is 102 cm³/mol. The van der Waals surface area contributed by atoms with Gasteiger partial charge in [-0.25, -0.2) is 8.42 Å². The van der Waals surface area contributed by atoms with Crippen LogP contribution in [0.25, 0.3) is 0 Å². The molecular weight excluding hydrogens is 356 g/mol. The molecule has 0 bridgehead atoms. The second kappa shape index (κ2) is 7.37. The Balaban J connectivity index is 2.05. The maximum absolute atomic E-state index is 12.7. The smallest absolute Gasteiger partial charge is 0.252 e. The number of sulfonamides is 1. The summed E-state index contributed by atoms with van der Waals surface area (Å²) in [7, 11) is -3.49. The second-order valence-corrected chi connectivity index (χ2v) is 11.9. The van der Waals surface area contributed by atoms with Gasteiger partial charge in [-0.2, -0.15) is 4.31 Å². The van der Waals surface area contributed by atoms with Gasteiger partial charge in [0.05, 0.1) is 5.92 Å². The lowest BCUT2D eigenvalue weighted by atomic mass is 9.81. The Labute approximate surface area is 155 Å². The molecule has 1 saturated heterocycles. The Morgan fingerprint density at radius 2 is 2.00 bits per heavy atom. The lowest BCUT2D eigenvalue weighted by Gasteiger charge is -2.36. The van der Waals surface area contributed by atoms with Gasteiger partial charge in [-0.1, -0.05) is 26.8 Å². The van der Waals surface area contributed by atoms with Gasteiger partial charge in [0, 0.05) is 18.6 Å². The summed E-state index contributed by atoms with van der Waals surface area (Å²) in [6.07, 6.45) is 2.30. The van der Waals surface area contributed by atoms with Crippen LogP contribution in [0, 0.1) is 11.3 Å². The van der Waals surface area contributed by atoms with Crippen LogP contribution >= 0.6 is 11.3 Å². The van der Waals surface area contributed by atoms with Gasteiger partial charge >= 0.3 is 0 Å². The molecule has 2 rings (SSSR count). The molecule has 1 aromatic heterocycles. The molecule has 1 aliphatic rings. The molecule has 5 nitrogen and oxygen atoms in total. The van der Waals surface area contributed by atoms with Gasteiger partial charge in [-0.15, -0.1) is 11.3 Å². The first-order valence-electron chi connectivity index (χ1n) is 8.76. The lowest BCUT2D eigenvalue weighted by molar-refractivity contribution is -0.128. The first-order valence-corrected chi connectivity index (χ1v) is 11.1. The van der Waals surface area contributed by atoms with Crippen molar-refractivity contribution in [1.29, 1.82) is 0 Å². The molecule has 1 atom stereocenters. The molecule has 1 aromatic rings. The molecule has 1 fully saturated rings. The predicted octanol–water partition coefficient (Wildman–Crippen LogP) is 3.48. The number of rotatable bonds is 5. The molecule has 0 unspecified atom stereocenters. The fourth-order valence-corrected chi connectivity index (χ4v) is 6.39. The number of nitrogens with zero attached hydrogens (tertiary/aromatic N) is 1. The molecular formula is C18H30N2O3S2. The van der Waals surface area contributed by atoms with Crippen LogP contribution in [-0.2, 0) is 14.8 Å². The number of amides is 1. The molecule has 0 radical (unpaired) electrons. The normalized spacial score (nSPS) is 20.4. The van der Waals surface area contributed by atoms with Crippen LogP contribution in [0.4, 0.5) is 0 Å². The van der Waals surface area contributed by atoms with Crippen molar-refractivity contribution in [3.05, 3.63) is 17.5 Å². The van der Waals surface area contributed by atoms with Crippen LogP contribution in [0.2, 0.25) is 0 Å². The highest BCUT2D eigenvalue weighted by Crippen LogP contribution is 2.29. The van der Waals surface area contributed by atoms with E-state index < -0.39 is 10.0 Å². The van der Waals surface area contributed by atoms with E-state index in [2.05, 4.69) is 26.1 Å². The van der Waals surface area contributed by atoms with E-state index in [1.54, 1.807) is 17.5 Å². The molecule has 2 heterocycles. The minimum absolute atomic E-state index is 0.0414. The maximum atomic E-state index is 12.7. The van der Waals surface area contributed by atoms with Crippen molar-refractivity contribution in [1.82, 2.24) is 9.62 Å². The van der Waals surface area contributed by atoms with E-state index in [0.29, 0.717) is 17.2 Å². The van der Waals surface area contributed by atoms with Crippen LogP contribution in [0.3, 0.4) is 0 Å². The first-order chi connectivity index (χ1) is 11.4. The number of nitrogens with one attached hydrogen (secondary N) is 1. The average Bonchev–Trinajstić information content (AvgIpc) is 2.99. The summed E-state index contributed by atoms with van der Waals surface area (Å²) in [5, 5.41) is 4.89. The SMILES string of the molecule is CC(C)(C)CC(C)(C)NC(=O)[C@H]1CCCN(S(=O)(=O)c2cccs2)C1. The quantitative estimate of drug-likeness (QED) is 0.842. The minimum Gasteiger partial charge on any atom is -0.351 e. The third kappa shape index (κ3) is 5.53. The zero-order chi connectivity index (χ0) is 18.9. The van der Waals surface area contributed by atoms with Crippen molar-refractivity contribution in [2.24, 2.45) is 11.3 Å². The summed E-state index contributed by atoms with van der Waals surface area (Å²) in [6.45, 7) is 11.2. The van der Waals surface area contributed by atoms with E-state index in [1.807, 2.05) is 13.8 Å². The Bertz CT molecular complexity index is 688. The lowest BCUT2D eigenvalue weighted by Crippen LogP contribution is -2.51. The Kier molecular flexibility index (Phi) is 6.01. The van der Waals surface area contributed by atoms with Gasteiger partial charge in [0.25, 0.3) is 10.0 Å². The van der Waals surface area contributed by atoms with Crippen LogP contribution in [0.15, 0.2) is 21.7 Å². The highest BCUT2D eigenvalue weighted by Gasteiger charge is 2.36.